The third kappa shape index (κ3) is 3.30. The number of likely N-dealkylation sites (N-methyl/N-ethyl adjacent to an activating group) is 1. The van der Waals surface area contributed by atoms with Gasteiger partial charge in [0.2, 0.25) is 0 Å². The molecule has 2 aromatic rings. The Balaban J connectivity index is 2.26. The Kier molecular flexibility index (Phi) is 5.14. The Labute approximate surface area is 126 Å². The minimum Gasteiger partial charge on any atom is -0.310 e. The van der Waals surface area contributed by atoms with Crippen LogP contribution in [0.25, 0.3) is 0 Å². The number of halogens is 1. The van der Waals surface area contributed by atoms with E-state index in [1.165, 1.54) is 19.6 Å². The summed E-state index contributed by atoms with van der Waals surface area (Å²) in [6, 6.07) is 6.91. The van der Waals surface area contributed by atoms with Crippen LogP contribution in [0.3, 0.4) is 0 Å². The number of hydrogen-bond acceptors (Lipinski definition) is 3. The molecule has 0 amide bonds. The second kappa shape index (κ2) is 6.63. The second-order valence-corrected chi connectivity index (χ2v) is 6.31. The topological polar surface area (TPSA) is 24.9 Å². The van der Waals surface area contributed by atoms with Gasteiger partial charge in [-0.15, -0.1) is 11.3 Å². The molecular weight excluding hydrogens is 355 g/mol. The van der Waals surface area contributed by atoms with E-state index < -0.39 is 0 Å². The first kappa shape index (κ1) is 14.0. The maximum Gasteiger partial charge on any atom is 0.0794 e. The molecule has 4 heteroatoms. The van der Waals surface area contributed by atoms with E-state index >= 15 is 0 Å². The maximum atomic E-state index is 4.16. The van der Waals surface area contributed by atoms with Gasteiger partial charge in [-0.25, -0.2) is 0 Å². The molecule has 0 saturated carbocycles. The van der Waals surface area contributed by atoms with Crippen LogP contribution in [0.1, 0.15) is 29.0 Å². The highest BCUT2D eigenvalue weighted by Gasteiger charge is 2.15. The van der Waals surface area contributed by atoms with E-state index in [4.69, 9.17) is 0 Å². The van der Waals surface area contributed by atoms with Crippen molar-refractivity contribution in [1.29, 1.82) is 0 Å². The molecule has 1 heterocycles. The smallest absolute Gasteiger partial charge is 0.0794 e. The zero-order valence-corrected chi connectivity index (χ0v) is 13.6. The molecule has 1 N–H and O–H groups in total. The van der Waals surface area contributed by atoms with Crippen molar-refractivity contribution in [2.45, 2.75) is 26.3 Å². The summed E-state index contributed by atoms with van der Waals surface area (Å²) in [7, 11) is 0. The number of aryl methyl sites for hydroxylation is 1. The fourth-order valence-corrected chi connectivity index (χ4v) is 3.40. The van der Waals surface area contributed by atoms with Gasteiger partial charge < -0.3 is 5.32 Å². The molecule has 1 aromatic heterocycles. The largest absolute Gasteiger partial charge is 0.310 e. The average molecular weight is 372 g/mol. The number of nitrogens with zero attached hydrogens (tertiary/aromatic N) is 1. The van der Waals surface area contributed by atoms with Gasteiger partial charge in [0.15, 0.2) is 0 Å². The molecule has 1 unspecified atom stereocenters. The summed E-state index contributed by atoms with van der Waals surface area (Å²) >= 11 is 4.18. The summed E-state index contributed by atoms with van der Waals surface area (Å²) in [5, 5.41) is 3.58. The van der Waals surface area contributed by atoms with Gasteiger partial charge in [0.05, 0.1) is 5.51 Å². The molecule has 0 aliphatic carbocycles. The van der Waals surface area contributed by atoms with Crippen LogP contribution in [-0.2, 0) is 6.42 Å². The third-order valence-electron chi connectivity index (χ3n) is 2.94. The number of rotatable bonds is 5. The van der Waals surface area contributed by atoms with Crippen molar-refractivity contribution in [2.75, 3.05) is 6.54 Å². The molecule has 0 aliphatic heterocycles. The van der Waals surface area contributed by atoms with Crippen LogP contribution in [0.5, 0.6) is 0 Å². The zero-order valence-electron chi connectivity index (χ0n) is 10.6. The summed E-state index contributed by atoms with van der Waals surface area (Å²) in [5.41, 5.74) is 4.64. The van der Waals surface area contributed by atoms with E-state index in [-0.39, 0.29) is 0 Å². The minimum absolute atomic E-state index is 0.377. The van der Waals surface area contributed by atoms with E-state index in [0.29, 0.717) is 6.04 Å². The molecule has 96 valence electrons. The summed E-state index contributed by atoms with van der Waals surface area (Å²) in [4.78, 5) is 5.49. The summed E-state index contributed by atoms with van der Waals surface area (Å²) < 4.78 is 1.37. The highest BCUT2D eigenvalue weighted by molar-refractivity contribution is 14.1. The molecule has 0 saturated heterocycles. The lowest BCUT2D eigenvalue weighted by molar-refractivity contribution is 0.550. The normalized spacial score (nSPS) is 12.6. The van der Waals surface area contributed by atoms with E-state index in [1.807, 2.05) is 11.7 Å². The van der Waals surface area contributed by atoms with Crippen molar-refractivity contribution < 1.29 is 0 Å². The number of nitrogens with one attached hydrogen (secondary N) is 1. The lowest BCUT2D eigenvalue weighted by Gasteiger charge is -2.20. The molecule has 1 atom stereocenters. The average Bonchev–Trinajstić information content (AvgIpc) is 2.85. The van der Waals surface area contributed by atoms with Crippen molar-refractivity contribution in [1.82, 2.24) is 10.3 Å². The first-order chi connectivity index (χ1) is 8.72. The molecule has 1 aromatic carbocycles. The maximum absolute atomic E-state index is 4.16. The van der Waals surface area contributed by atoms with Gasteiger partial charge in [-0.05, 0) is 47.2 Å². The Hall–Kier alpha value is -0.460. The van der Waals surface area contributed by atoms with Crippen molar-refractivity contribution in [2.24, 2.45) is 0 Å². The molecule has 18 heavy (non-hydrogen) atoms. The number of thiazole rings is 1. The SMILES string of the molecule is CCNC(Cc1cncs1)c1cccc(C)c1I. The van der Waals surface area contributed by atoms with Crippen molar-refractivity contribution in [3.05, 3.63) is 49.5 Å². The number of benzene rings is 1. The Morgan fingerprint density at radius 2 is 2.28 bits per heavy atom. The van der Waals surface area contributed by atoms with E-state index in [9.17, 15) is 0 Å². The van der Waals surface area contributed by atoms with Gasteiger partial charge in [-0.3, -0.25) is 4.98 Å². The monoisotopic (exact) mass is 372 g/mol. The summed E-state index contributed by atoms with van der Waals surface area (Å²) in [6.07, 6.45) is 2.98. The molecular formula is C14H17IN2S. The third-order valence-corrected chi connectivity index (χ3v) is 5.21. The van der Waals surface area contributed by atoms with Gasteiger partial charge in [0.25, 0.3) is 0 Å². The Morgan fingerprint density at radius 3 is 2.94 bits per heavy atom. The predicted molar refractivity (Wildman–Crippen MR) is 86.1 cm³/mol. The van der Waals surface area contributed by atoms with Crippen molar-refractivity contribution in [3.63, 3.8) is 0 Å². The van der Waals surface area contributed by atoms with Gasteiger partial charge in [-0.1, -0.05) is 25.1 Å². The number of aromatic nitrogens is 1. The van der Waals surface area contributed by atoms with E-state index in [0.717, 1.165) is 13.0 Å². The molecule has 2 rings (SSSR count). The van der Waals surface area contributed by atoms with Crippen LogP contribution in [0.2, 0.25) is 0 Å². The molecule has 0 aliphatic rings. The Bertz CT molecular complexity index is 497. The van der Waals surface area contributed by atoms with E-state index in [1.54, 1.807) is 11.3 Å². The van der Waals surface area contributed by atoms with Crippen LogP contribution < -0.4 is 5.32 Å². The van der Waals surface area contributed by atoms with Crippen LogP contribution in [0.4, 0.5) is 0 Å². The summed E-state index contributed by atoms with van der Waals surface area (Å²) in [6.45, 7) is 5.30. The Morgan fingerprint density at radius 1 is 1.44 bits per heavy atom. The highest BCUT2D eigenvalue weighted by Crippen LogP contribution is 2.26. The first-order valence-electron chi connectivity index (χ1n) is 6.08. The minimum atomic E-state index is 0.377. The van der Waals surface area contributed by atoms with Crippen LogP contribution in [-0.4, -0.2) is 11.5 Å². The highest BCUT2D eigenvalue weighted by atomic mass is 127. The molecule has 0 radical (unpaired) electrons. The lowest BCUT2D eigenvalue weighted by Crippen LogP contribution is -2.23. The molecule has 0 fully saturated rings. The summed E-state index contributed by atoms with van der Waals surface area (Å²) in [5.74, 6) is 0. The second-order valence-electron chi connectivity index (χ2n) is 4.26. The van der Waals surface area contributed by atoms with Crippen molar-refractivity contribution >= 4 is 33.9 Å². The van der Waals surface area contributed by atoms with Gasteiger partial charge in [0, 0.05) is 27.1 Å². The zero-order chi connectivity index (χ0) is 13.0. The number of hydrogen-bond donors (Lipinski definition) is 1. The van der Waals surface area contributed by atoms with Crippen LogP contribution in [0.15, 0.2) is 29.9 Å². The predicted octanol–water partition coefficient (Wildman–Crippen LogP) is 3.95. The fourth-order valence-electron chi connectivity index (χ4n) is 2.02. The molecule has 2 nitrogen and oxygen atoms in total. The van der Waals surface area contributed by atoms with Crippen LogP contribution in [0, 0.1) is 10.5 Å². The fraction of sp³-hybridized carbons (Fsp3) is 0.357. The molecule has 0 bridgehead atoms. The molecule has 0 spiro atoms. The standard InChI is InChI=1S/C14H17IN2S/c1-3-17-13(7-11-8-16-9-18-11)12-6-4-5-10(2)14(12)15/h4-6,8-9,13,17H,3,7H2,1-2H3. The van der Waals surface area contributed by atoms with Gasteiger partial charge >= 0.3 is 0 Å². The first-order valence-corrected chi connectivity index (χ1v) is 8.04. The van der Waals surface area contributed by atoms with E-state index in [2.05, 4.69) is 64.9 Å². The quantitative estimate of drug-likeness (QED) is 0.804. The van der Waals surface area contributed by atoms with Crippen molar-refractivity contribution in [3.8, 4) is 0 Å². The lowest BCUT2D eigenvalue weighted by atomic mass is 10.0. The van der Waals surface area contributed by atoms with Crippen LogP contribution >= 0.6 is 33.9 Å². The van der Waals surface area contributed by atoms with Gasteiger partial charge in [0.1, 0.15) is 0 Å². The van der Waals surface area contributed by atoms with Gasteiger partial charge in [-0.2, -0.15) is 0 Å².